The summed E-state index contributed by atoms with van der Waals surface area (Å²) in [6.45, 7) is 2.79. The Hall–Kier alpha value is -0.750. The van der Waals surface area contributed by atoms with E-state index in [1.165, 1.54) is 4.90 Å². The molecule has 2 nitrogen and oxygen atoms in total. The van der Waals surface area contributed by atoms with Crippen molar-refractivity contribution in [1.29, 1.82) is 0 Å². The summed E-state index contributed by atoms with van der Waals surface area (Å²) in [7, 11) is 0. The van der Waals surface area contributed by atoms with Gasteiger partial charge in [0.25, 0.3) is 0 Å². The second-order valence-corrected chi connectivity index (χ2v) is 5.28. The van der Waals surface area contributed by atoms with Crippen LogP contribution in [0.1, 0.15) is 31.9 Å². The molecular formula is C13H17BrF3NO. The molecule has 0 spiro atoms. The Bertz CT molecular complexity index is 421. The van der Waals surface area contributed by atoms with Crippen molar-refractivity contribution in [2.75, 3.05) is 18.0 Å². The van der Waals surface area contributed by atoms with Gasteiger partial charge >= 0.3 is 6.18 Å². The highest BCUT2D eigenvalue weighted by Crippen LogP contribution is 2.31. The zero-order chi connectivity index (χ0) is 14.6. The van der Waals surface area contributed by atoms with E-state index in [9.17, 15) is 18.3 Å². The number of halogens is 4. The van der Waals surface area contributed by atoms with Crippen LogP contribution in [-0.4, -0.2) is 24.4 Å². The molecule has 0 heterocycles. The summed E-state index contributed by atoms with van der Waals surface area (Å²) >= 11 is 3.27. The molecule has 0 fully saturated rings. The second-order valence-electron chi connectivity index (χ2n) is 4.42. The number of aliphatic hydroxyl groups excluding tert-OH is 1. The van der Waals surface area contributed by atoms with Gasteiger partial charge in [0.1, 0.15) is 6.54 Å². The van der Waals surface area contributed by atoms with Gasteiger partial charge in [-0.15, -0.1) is 0 Å². The van der Waals surface area contributed by atoms with E-state index in [-0.39, 0.29) is 0 Å². The van der Waals surface area contributed by atoms with E-state index in [1.807, 2.05) is 6.92 Å². The Balaban J connectivity index is 3.02. The third kappa shape index (κ3) is 5.03. The van der Waals surface area contributed by atoms with E-state index >= 15 is 0 Å². The molecule has 1 N–H and O–H groups in total. The largest absolute Gasteiger partial charge is 0.405 e. The van der Waals surface area contributed by atoms with Gasteiger partial charge in [0.2, 0.25) is 0 Å². The maximum absolute atomic E-state index is 12.6. The molecule has 0 unspecified atom stereocenters. The molecule has 0 radical (unpaired) electrons. The van der Waals surface area contributed by atoms with E-state index in [4.69, 9.17) is 0 Å². The minimum Gasteiger partial charge on any atom is -0.389 e. The first-order valence-corrected chi connectivity index (χ1v) is 6.83. The standard InChI is InChI=1S/C13H17BrF3NO/c1-3-6-18(8-13(15,16)17)12-5-4-10(9(2)19)7-11(12)14/h4-5,7,9,19H,3,6,8H2,1-2H3/t9-/m0/s1. The molecule has 108 valence electrons. The van der Waals surface area contributed by atoms with Gasteiger partial charge in [0.05, 0.1) is 11.8 Å². The van der Waals surface area contributed by atoms with Crippen molar-refractivity contribution in [3.05, 3.63) is 28.2 Å². The van der Waals surface area contributed by atoms with Gasteiger partial charge in [0.15, 0.2) is 0 Å². The Morgan fingerprint density at radius 1 is 1.37 bits per heavy atom. The minimum absolute atomic E-state index is 0.326. The van der Waals surface area contributed by atoms with Gasteiger partial charge in [-0.05, 0) is 47.0 Å². The summed E-state index contributed by atoms with van der Waals surface area (Å²) in [5, 5.41) is 9.45. The minimum atomic E-state index is -4.24. The lowest BCUT2D eigenvalue weighted by Crippen LogP contribution is -2.35. The van der Waals surface area contributed by atoms with Gasteiger partial charge in [0, 0.05) is 11.0 Å². The van der Waals surface area contributed by atoms with Crippen molar-refractivity contribution in [2.45, 2.75) is 32.5 Å². The van der Waals surface area contributed by atoms with Crippen LogP contribution in [0.4, 0.5) is 18.9 Å². The smallest absolute Gasteiger partial charge is 0.389 e. The predicted molar refractivity (Wildman–Crippen MR) is 73.3 cm³/mol. The highest BCUT2D eigenvalue weighted by atomic mass is 79.9. The number of hydrogen-bond donors (Lipinski definition) is 1. The number of rotatable bonds is 5. The number of benzene rings is 1. The lowest BCUT2D eigenvalue weighted by atomic mass is 10.1. The maximum Gasteiger partial charge on any atom is 0.405 e. The zero-order valence-electron chi connectivity index (χ0n) is 10.8. The average molecular weight is 340 g/mol. The second kappa shape index (κ2) is 6.61. The maximum atomic E-state index is 12.6. The van der Waals surface area contributed by atoms with Crippen molar-refractivity contribution in [2.24, 2.45) is 0 Å². The first kappa shape index (κ1) is 16.3. The third-order valence-electron chi connectivity index (χ3n) is 2.66. The number of nitrogens with zero attached hydrogens (tertiary/aromatic N) is 1. The molecule has 0 aromatic heterocycles. The summed E-state index contributed by atoms with van der Waals surface area (Å²) < 4.78 is 38.2. The molecule has 0 aliphatic rings. The molecule has 1 aromatic carbocycles. The molecular weight excluding hydrogens is 323 g/mol. The molecule has 0 aliphatic carbocycles. The fraction of sp³-hybridized carbons (Fsp3) is 0.538. The first-order chi connectivity index (χ1) is 8.74. The van der Waals surface area contributed by atoms with Gasteiger partial charge in [-0.1, -0.05) is 13.0 Å². The van der Waals surface area contributed by atoms with Crippen LogP contribution in [0.3, 0.4) is 0 Å². The quantitative estimate of drug-likeness (QED) is 0.865. The average Bonchev–Trinajstić information content (AvgIpc) is 2.26. The molecule has 0 amide bonds. The Kier molecular flexibility index (Phi) is 5.67. The fourth-order valence-corrected chi connectivity index (χ4v) is 2.46. The Morgan fingerprint density at radius 2 is 2.00 bits per heavy atom. The van der Waals surface area contributed by atoms with Crippen LogP contribution < -0.4 is 4.90 Å². The highest BCUT2D eigenvalue weighted by molar-refractivity contribution is 9.10. The molecule has 1 aromatic rings. The third-order valence-corrected chi connectivity index (χ3v) is 3.29. The van der Waals surface area contributed by atoms with Crippen molar-refractivity contribution < 1.29 is 18.3 Å². The summed E-state index contributed by atoms with van der Waals surface area (Å²) in [6, 6.07) is 4.90. The monoisotopic (exact) mass is 339 g/mol. The molecule has 0 saturated carbocycles. The lowest BCUT2D eigenvalue weighted by molar-refractivity contribution is -0.119. The van der Waals surface area contributed by atoms with Crippen molar-refractivity contribution in [3.63, 3.8) is 0 Å². The number of alkyl halides is 3. The molecule has 1 atom stereocenters. The lowest BCUT2D eigenvalue weighted by Gasteiger charge is -2.27. The number of aliphatic hydroxyl groups is 1. The van der Waals surface area contributed by atoms with E-state index in [1.54, 1.807) is 25.1 Å². The summed E-state index contributed by atoms with van der Waals surface area (Å²) in [4.78, 5) is 1.29. The Labute approximate surface area is 119 Å². The Morgan fingerprint density at radius 3 is 2.42 bits per heavy atom. The molecule has 1 rings (SSSR count). The SMILES string of the molecule is CCCN(CC(F)(F)F)c1ccc([C@H](C)O)cc1Br. The van der Waals surface area contributed by atoms with Gasteiger partial charge in [-0.3, -0.25) is 0 Å². The van der Waals surface area contributed by atoms with E-state index in [0.717, 1.165) is 0 Å². The molecule has 0 bridgehead atoms. The fourth-order valence-electron chi connectivity index (χ4n) is 1.81. The van der Waals surface area contributed by atoms with Crippen LogP contribution in [0.25, 0.3) is 0 Å². The van der Waals surface area contributed by atoms with Crippen molar-refractivity contribution in [3.8, 4) is 0 Å². The van der Waals surface area contributed by atoms with Crippen molar-refractivity contribution in [1.82, 2.24) is 0 Å². The van der Waals surface area contributed by atoms with Gasteiger partial charge in [-0.25, -0.2) is 0 Å². The summed E-state index contributed by atoms with van der Waals surface area (Å²) in [5.41, 5.74) is 1.16. The van der Waals surface area contributed by atoms with E-state index in [2.05, 4.69) is 15.9 Å². The van der Waals surface area contributed by atoms with Crippen LogP contribution in [0.2, 0.25) is 0 Å². The number of hydrogen-bond acceptors (Lipinski definition) is 2. The van der Waals surface area contributed by atoms with Gasteiger partial charge < -0.3 is 10.0 Å². The van der Waals surface area contributed by atoms with E-state index < -0.39 is 18.8 Å². The number of anilines is 1. The normalized spacial score (nSPS) is 13.4. The summed E-state index contributed by atoms with van der Waals surface area (Å²) in [5.74, 6) is 0. The highest BCUT2D eigenvalue weighted by Gasteiger charge is 2.31. The van der Waals surface area contributed by atoms with Gasteiger partial charge in [-0.2, -0.15) is 13.2 Å². The van der Waals surface area contributed by atoms with E-state index in [0.29, 0.717) is 28.7 Å². The zero-order valence-corrected chi connectivity index (χ0v) is 12.4. The van der Waals surface area contributed by atoms with Crippen LogP contribution >= 0.6 is 15.9 Å². The predicted octanol–water partition coefficient (Wildman–Crippen LogP) is 4.28. The van der Waals surface area contributed by atoms with Crippen molar-refractivity contribution >= 4 is 21.6 Å². The molecule has 0 aliphatic heterocycles. The van der Waals surface area contributed by atoms with Crippen LogP contribution in [0, 0.1) is 0 Å². The molecule has 0 saturated heterocycles. The van der Waals surface area contributed by atoms with Crippen LogP contribution in [-0.2, 0) is 0 Å². The first-order valence-electron chi connectivity index (χ1n) is 6.03. The van der Waals surface area contributed by atoms with Crippen LogP contribution in [0.5, 0.6) is 0 Å². The van der Waals surface area contributed by atoms with Crippen LogP contribution in [0.15, 0.2) is 22.7 Å². The molecule has 6 heteroatoms. The summed E-state index contributed by atoms with van der Waals surface area (Å²) in [6.07, 6.45) is -4.26. The molecule has 19 heavy (non-hydrogen) atoms. The topological polar surface area (TPSA) is 23.5 Å².